The molecule has 1 aromatic heterocycles. The average molecular weight is 411 g/mol. The van der Waals surface area contributed by atoms with Crippen LogP contribution in [0, 0.1) is 6.92 Å². The molecule has 1 atom stereocenters. The summed E-state index contributed by atoms with van der Waals surface area (Å²) in [7, 11) is 0. The molecule has 0 radical (unpaired) electrons. The third-order valence-electron chi connectivity index (χ3n) is 2.79. The summed E-state index contributed by atoms with van der Waals surface area (Å²) in [5, 5.41) is 10.6. The number of aromatic nitrogens is 2. The lowest BCUT2D eigenvalue weighted by Gasteiger charge is -2.24. The van der Waals surface area contributed by atoms with Crippen LogP contribution < -0.4 is 10.6 Å². The summed E-state index contributed by atoms with van der Waals surface area (Å²) >= 11 is 2.00. The summed E-state index contributed by atoms with van der Waals surface area (Å²) in [4.78, 5) is 8.64. The van der Waals surface area contributed by atoms with Crippen LogP contribution in [-0.2, 0) is 6.54 Å². The first-order valence-electron chi connectivity index (χ1n) is 6.69. The molecule has 1 aromatic rings. The van der Waals surface area contributed by atoms with Crippen molar-refractivity contribution in [3.05, 3.63) is 11.7 Å². The molecule has 0 saturated carbocycles. The lowest BCUT2D eigenvalue weighted by Crippen LogP contribution is -2.45. The van der Waals surface area contributed by atoms with Crippen LogP contribution in [-0.4, -0.2) is 40.2 Å². The molecular formula is C12H22IN5OS. The molecule has 6 nitrogen and oxygen atoms in total. The number of aryl methyl sites for hydroxylation is 1. The SMILES string of the molecule is CCNC(=NCc1noc(C)n1)NC1CCCSC1.I. The molecule has 0 bridgehead atoms. The molecule has 0 spiro atoms. The zero-order chi connectivity index (χ0) is 13.5. The maximum atomic E-state index is 4.93. The van der Waals surface area contributed by atoms with E-state index in [-0.39, 0.29) is 24.0 Å². The second-order valence-corrected chi connectivity index (χ2v) is 5.63. The quantitative estimate of drug-likeness (QED) is 0.448. The minimum Gasteiger partial charge on any atom is -0.357 e. The standard InChI is InChI=1S/C12H21N5OS.HI/c1-3-13-12(16-10-5-4-6-19-8-10)14-7-11-15-9(2)18-17-11;/h10H,3-8H2,1-2H3,(H2,13,14,16);1H. The van der Waals surface area contributed by atoms with E-state index in [0.717, 1.165) is 18.3 Å². The fraction of sp³-hybridized carbons (Fsp3) is 0.750. The largest absolute Gasteiger partial charge is 0.357 e. The molecule has 1 aliphatic heterocycles. The third-order valence-corrected chi connectivity index (χ3v) is 4.01. The Morgan fingerprint density at radius 2 is 2.40 bits per heavy atom. The van der Waals surface area contributed by atoms with Crippen LogP contribution in [0.4, 0.5) is 0 Å². The minimum atomic E-state index is 0. The van der Waals surface area contributed by atoms with Crippen LogP contribution in [0.25, 0.3) is 0 Å². The van der Waals surface area contributed by atoms with Gasteiger partial charge in [0.2, 0.25) is 5.89 Å². The van der Waals surface area contributed by atoms with Gasteiger partial charge in [-0.15, -0.1) is 24.0 Å². The van der Waals surface area contributed by atoms with Crippen LogP contribution in [0.1, 0.15) is 31.5 Å². The highest BCUT2D eigenvalue weighted by atomic mass is 127. The van der Waals surface area contributed by atoms with E-state index in [1.54, 1.807) is 6.92 Å². The molecule has 1 aliphatic rings. The van der Waals surface area contributed by atoms with Gasteiger partial charge in [-0.3, -0.25) is 0 Å². The first-order chi connectivity index (χ1) is 9.28. The van der Waals surface area contributed by atoms with Crippen molar-refractivity contribution in [1.82, 2.24) is 20.8 Å². The Kier molecular flexibility index (Phi) is 8.27. The normalized spacial score (nSPS) is 19.3. The summed E-state index contributed by atoms with van der Waals surface area (Å²) in [5.74, 6) is 4.44. The van der Waals surface area contributed by atoms with Crippen molar-refractivity contribution in [3.8, 4) is 0 Å². The molecule has 2 N–H and O–H groups in total. The van der Waals surface area contributed by atoms with E-state index in [4.69, 9.17) is 4.52 Å². The Bertz CT molecular complexity index is 420. The van der Waals surface area contributed by atoms with Gasteiger partial charge >= 0.3 is 0 Å². The summed E-state index contributed by atoms with van der Waals surface area (Å²) in [6.45, 7) is 5.12. The predicted molar refractivity (Wildman–Crippen MR) is 92.7 cm³/mol. The van der Waals surface area contributed by atoms with Crippen molar-refractivity contribution in [3.63, 3.8) is 0 Å². The van der Waals surface area contributed by atoms with Gasteiger partial charge in [0.1, 0.15) is 6.54 Å². The fourth-order valence-corrected chi connectivity index (χ4v) is 3.00. The van der Waals surface area contributed by atoms with E-state index in [0.29, 0.717) is 24.3 Å². The van der Waals surface area contributed by atoms with Gasteiger partial charge in [0, 0.05) is 25.3 Å². The minimum absolute atomic E-state index is 0. The molecule has 114 valence electrons. The molecule has 0 aliphatic carbocycles. The third kappa shape index (κ3) is 5.86. The molecule has 1 saturated heterocycles. The summed E-state index contributed by atoms with van der Waals surface area (Å²) < 4.78 is 4.93. The Balaban J connectivity index is 0.00000200. The van der Waals surface area contributed by atoms with Crippen LogP contribution in [0.3, 0.4) is 0 Å². The molecule has 2 heterocycles. The molecule has 0 amide bonds. The van der Waals surface area contributed by atoms with Gasteiger partial charge in [-0.2, -0.15) is 16.7 Å². The van der Waals surface area contributed by atoms with Crippen LogP contribution >= 0.6 is 35.7 Å². The molecule has 0 aromatic carbocycles. The Labute approximate surface area is 141 Å². The number of nitrogens with one attached hydrogen (secondary N) is 2. The number of nitrogens with zero attached hydrogens (tertiary/aromatic N) is 3. The maximum Gasteiger partial charge on any atom is 0.223 e. The average Bonchev–Trinajstić information content (AvgIpc) is 2.83. The summed E-state index contributed by atoms with van der Waals surface area (Å²) in [6.07, 6.45) is 2.48. The molecule has 2 rings (SSSR count). The smallest absolute Gasteiger partial charge is 0.223 e. The van der Waals surface area contributed by atoms with Gasteiger partial charge in [0.05, 0.1) is 0 Å². The summed E-state index contributed by atoms with van der Waals surface area (Å²) in [5.41, 5.74) is 0. The Morgan fingerprint density at radius 3 is 3.00 bits per heavy atom. The predicted octanol–water partition coefficient (Wildman–Crippen LogP) is 1.95. The van der Waals surface area contributed by atoms with Crippen molar-refractivity contribution in [2.45, 2.75) is 39.3 Å². The van der Waals surface area contributed by atoms with Crippen LogP contribution in [0.2, 0.25) is 0 Å². The number of hydrogen-bond acceptors (Lipinski definition) is 5. The second kappa shape index (κ2) is 9.43. The lowest BCUT2D eigenvalue weighted by atomic mass is 10.2. The second-order valence-electron chi connectivity index (χ2n) is 4.48. The van der Waals surface area contributed by atoms with Gasteiger partial charge in [-0.05, 0) is 25.5 Å². The molecule has 1 fully saturated rings. The van der Waals surface area contributed by atoms with Gasteiger partial charge < -0.3 is 15.2 Å². The van der Waals surface area contributed by atoms with Crippen molar-refractivity contribution in [2.24, 2.45) is 4.99 Å². The van der Waals surface area contributed by atoms with Gasteiger partial charge in [-0.1, -0.05) is 5.16 Å². The lowest BCUT2D eigenvalue weighted by molar-refractivity contribution is 0.387. The number of hydrogen-bond donors (Lipinski definition) is 2. The Hall–Kier alpha value is -0.510. The van der Waals surface area contributed by atoms with E-state index in [9.17, 15) is 0 Å². The molecular weight excluding hydrogens is 389 g/mol. The zero-order valence-electron chi connectivity index (χ0n) is 11.9. The fourth-order valence-electron chi connectivity index (χ4n) is 1.92. The topological polar surface area (TPSA) is 75.3 Å². The van der Waals surface area contributed by atoms with Gasteiger partial charge in [0.25, 0.3) is 0 Å². The first-order valence-corrected chi connectivity index (χ1v) is 7.85. The van der Waals surface area contributed by atoms with Crippen LogP contribution in [0.5, 0.6) is 0 Å². The van der Waals surface area contributed by atoms with Gasteiger partial charge in [0.15, 0.2) is 11.8 Å². The highest BCUT2D eigenvalue weighted by Gasteiger charge is 2.14. The molecule has 8 heteroatoms. The highest BCUT2D eigenvalue weighted by molar-refractivity contribution is 14.0. The Morgan fingerprint density at radius 1 is 1.55 bits per heavy atom. The van der Waals surface area contributed by atoms with E-state index in [2.05, 4.69) is 32.7 Å². The van der Waals surface area contributed by atoms with E-state index >= 15 is 0 Å². The monoisotopic (exact) mass is 411 g/mol. The number of rotatable bonds is 4. The zero-order valence-corrected chi connectivity index (χ0v) is 15.0. The van der Waals surface area contributed by atoms with Crippen molar-refractivity contribution in [1.29, 1.82) is 0 Å². The number of thioether (sulfide) groups is 1. The first kappa shape index (κ1) is 17.5. The van der Waals surface area contributed by atoms with Gasteiger partial charge in [-0.25, -0.2) is 4.99 Å². The van der Waals surface area contributed by atoms with E-state index < -0.39 is 0 Å². The maximum absolute atomic E-state index is 4.93. The highest BCUT2D eigenvalue weighted by Crippen LogP contribution is 2.16. The summed E-state index contributed by atoms with van der Waals surface area (Å²) in [6, 6.07) is 0.503. The number of aliphatic imine (C=N–C) groups is 1. The van der Waals surface area contributed by atoms with Crippen molar-refractivity contribution in [2.75, 3.05) is 18.1 Å². The number of halogens is 1. The molecule has 1 unspecified atom stereocenters. The van der Waals surface area contributed by atoms with Crippen molar-refractivity contribution < 1.29 is 4.52 Å². The number of guanidine groups is 1. The van der Waals surface area contributed by atoms with E-state index in [1.807, 2.05) is 11.8 Å². The molecule has 20 heavy (non-hydrogen) atoms. The van der Waals surface area contributed by atoms with E-state index in [1.165, 1.54) is 18.6 Å². The van der Waals surface area contributed by atoms with Crippen LogP contribution in [0.15, 0.2) is 9.52 Å². The van der Waals surface area contributed by atoms with Crippen molar-refractivity contribution >= 4 is 41.7 Å².